The zero-order chi connectivity index (χ0) is 18.6. The van der Waals surface area contributed by atoms with Crippen LogP contribution in [-0.2, 0) is 6.54 Å². The minimum absolute atomic E-state index is 0.217. The van der Waals surface area contributed by atoms with Crippen LogP contribution in [0, 0.1) is 10.1 Å². The van der Waals surface area contributed by atoms with E-state index in [0.717, 1.165) is 57.2 Å². The Morgan fingerprint density at radius 2 is 1.56 bits per heavy atom. The van der Waals surface area contributed by atoms with E-state index in [1.54, 1.807) is 6.07 Å². The lowest BCUT2D eigenvalue weighted by Crippen LogP contribution is -2.46. The van der Waals surface area contributed by atoms with E-state index in [-0.39, 0.29) is 10.6 Å². The third kappa shape index (κ3) is 4.06. The minimum atomic E-state index is -0.251. The molecular formula is C21H26N4O2. The first-order valence-corrected chi connectivity index (χ1v) is 9.75. The number of benzene rings is 2. The molecule has 27 heavy (non-hydrogen) atoms. The van der Waals surface area contributed by atoms with E-state index in [4.69, 9.17) is 0 Å². The van der Waals surface area contributed by atoms with Gasteiger partial charge in [-0.1, -0.05) is 30.3 Å². The molecule has 2 aromatic rings. The van der Waals surface area contributed by atoms with Gasteiger partial charge in [-0.15, -0.1) is 0 Å². The van der Waals surface area contributed by atoms with Crippen molar-refractivity contribution in [3.8, 4) is 0 Å². The van der Waals surface area contributed by atoms with Gasteiger partial charge in [-0.05, 0) is 30.5 Å². The largest absolute Gasteiger partial charge is 0.371 e. The highest BCUT2D eigenvalue weighted by Gasteiger charge is 2.25. The third-order valence-corrected chi connectivity index (χ3v) is 5.59. The average Bonchev–Trinajstić information content (AvgIpc) is 3.24. The summed E-state index contributed by atoms with van der Waals surface area (Å²) in [6.45, 7) is 6.49. The van der Waals surface area contributed by atoms with Crippen molar-refractivity contribution in [1.82, 2.24) is 4.90 Å². The quantitative estimate of drug-likeness (QED) is 0.599. The molecule has 0 aromatic heterocycles. The van der Waals surface area contributed by atoms with Crippen molar-refractivity contribution in [1.29, 1.82) is 0 Å². The first-order chi connectivity index (χ1) is 13.2. The first-order valence-electron chi connectivity index (χ1n) is 9.75. The Morgan fingerprint density at radius 1 is 0.852 bits per heavy atom. The van der Waals surface area contributed by atoms with Crippen LogP contribution >= 0.6 is 0 Å². The summed E-state index contributed by atoms with van der Waals surface area (Å²) in [5.41, 5.74) is 3.41. The van der Waals surface area contributed by atoms with Gasteiger partial charge in [0.2, 0.25) is 0 Å². The molecule has 2 aliphatic heterocycles. The Kier molecular flexibility index (Phi) is 5.25. The second-order valence-corrected chi connectivity index (χ2v) is 7.37. The molecule has 0 bridgehead atoms. The maximum absolute atomic E-state index is 11.6. The van der Waals surface area contributed by atoms with Crippen LogP contribution in [0.2, 0.25) is 0 Å². The highest BCUT2D eigenvalue weighted by atomic mass is 16.6. The molecule has 142 valence electrons. The van der Waals surface area contributed by atoms with Crippen LogP contribution in [-0.4, -0.2) is 49.1 Å². The summed E-state index contributed by atoms with van der Waals surface area (Å²) in [6.07, 6.45) is 2.40. The van der Waals surface area contributed by atoms with Crippen LogP contribution in [0.5, 0.6) is 0 Å². The van der Waals surface area contributed by atoms with Gasteiger partial charge in [-0.25, -0.2) is 0 Å². The molecule has 6 nitrogen and oxygen atoms in total. The van der Waals surface area contributed by atoms with Gasteiger partial charge in [0.25, 0.3) is 5.69 Å². The predicted octanol–water partition coefficient (Wildman–Crippen LogP) is 3.52. The van der Waals surface area contributed by atoms with E-state index in [1.807, 2.05) is 18.2 Å². The molecular weight excluding hydrogens is 340 g/mol. The molecule has 2 heterocycles. The van der Waals surface area contributed by atoms with Crippen molar-refractivity contribution >= 4 is 17.1 Å². The van der Waals surface area contributed by atoms with Gasteiger partial charge in [0.15, 0.2) is 0 Å². The Balaban J connectivity index is 1.47. The number of hydrogen-bond donors (Lipinski definition) is 0. The molecule has 0 spiro atoms. The van der Waals surface area contributed by atoms with Crippen molar-refractivity contribution < 1.29 is 4.92 Å². The van der Waals surface area contributed by atoms with Gasteiger partial charge >= 0.3 is 0 Å². The molecule has 2 fully saturated rings. The monoisotopic (exact) mass is 366 g/mol. The molecule has 0 unspecified atom stereocenters. The Morgan fingerprint density at radius 3 is 2.22 bits per heavy atom. The number of nitrogens with zero attached hydrogens (tertiary/aromatic N) is 4. The number of hydrogen-bond acceptors (Lipinski definition) is 5. The predicted molar refractivity (Wildman–Crippen MR) is 108 cm³/mol. The van der Waals surface area contributed by atoms with Gasteiger partial charge in [-0.2, -0.15) is 0 Å². The van der Waals surface area contributed by atoms with E-state index in [9.17, 15) is 10.1 Å². The molecule has 0 N–H and O–H groups in total. The van der Waals surface area contributed by atoms with Crippen LogP contribution in [0.3, 0.4) is 0 Å². The smallest absolute Gasteiger partial charge is 0.292 e. The lowest BCUT2D eigenvalue weighted by Gasteiger charge is -2.36. The summed E-state index contributed by atoms with van der Waals surface area (Å²) in [5, 5.41) is 11.6. The minimum Gasteiger partial charge on any atom is -0.371 e. The van der Waals surface area contributed by atoms with Gasteiger partial charge in [-0.3, -0.25) is 15.0 Å². The van der Waals surface area contributed by atoms with E-state index in [0.29, 0.717) is 0 Å². The third-order valence-electron chi connectivity index (χ3n) is 5.59. The van der Waals surface area contributed by atoms with Gasteiger partial charge in [0.1, 0.15) is 5.69 Å². The van der Waals surface area contributed by atoms with Crippen molar-refractivity contribution in [2.24, 2.45) is 0 Å². The van der Waals surface area contributed by atoms with Crippen molar-refractivity contribution in [2.45, 2.75) is 19.4 Å². The van der Waals surface area contributed by atoms with Crippen molar-refractivity contribution in [2.75, 3.05) is 49.1 Å². The summed E-state index contributed by atoms with van der Waals surface area (Å²) in [6, 6.07) is 16.1. The van der Waals surface area contributed by atoms with Crippen LogP contribution < -0.4 is 9.80 Å². The summed E-state index contributed by atoms with van der Waals surface area (Å²) in [5.74, 6) is 0. The Bertz CT molecular complexity index is 782. The topological polar surface area (TPSA) is 52.9 Å². The maximum atomic E-state index is 11.6. The molecule has 0 aliphatic carbocycles. The standard InChI is InChI=1S/C21H26N4O2/c26-25(27)20-9-8-19(23-10-4-5-11-23)16-21(20)24-14-12-22(13-15-24)17-18-6-2-1-3-7-18/h1-3,6-9,16H,4-5,10-15,17H2. The summed E-state index contributed by atoms with van der Waals surface area (Å²) < 4.78 is 0. The fourth-order valence-electron chi connectivity index (χ4n) is 4.08. The summed E-state index contributed by atoms with van der Waals surface area (Å²) in [4.78, 5) is 18.2. The molecule has 6 heteroatoms. The second-order valence-electron chi connectivity index (χ2n) is 7.37. The molecule has 0 amide bonds. The fourth-order valence-corrected chi connectivity index (χ4v) is 4.08. The normalized spacial score (nSPS) is 18.1. The van der Waals surface area contributed by atoms with Crippen molar-refractivity contribution in [3.63, 3.8) is 0 Å². The highest BCUT2D eigenvalue weighted by Crippen LogP contribution is 2.34. The van der Waals surface area contributed by atoms with Crippen LogP contribution in [0.15, 0.2) is 48.5 Å². The van der Waals surface area contributed by atoms with Crippen LogP contribution in [0.4, 0.5) is 17.1 Å². The first kappa shape index (κ1) is 17.8. The number of nitro groups is 1. The van der Waals surface area contributed by atoms with Gasteiger partial charge in [0.05, 0.1) is 4.92 Å². The zero-order valence-corrected chi connectivity index (χ0v) is 15.6. The number of piperazine rings is 1. The van der Waals surface area contributed by atoms with E-state index >= 15 is 0 Å². The Hall–Kier alpha value is -2.60. The van der Waals surface area contributed by atoms with Gasteiger partial charge in [0, 0.05) is 57.6 Å². The SMILES string of the molecule is O=[N+]([O-])c1ccc(N2CCCC2)cc1N1CCN(Cc2ccccc2)CC1. The van der Waals surface area contributed by atoms with E-state index in [1.165, 1.54) is 18.4 Å². The highest BCUT2D eigenvalue weighted by molar-refractivity contribution is 5.70. The molecule has 0 saturated carbocycles. The van der Waals surface area contributed by atoms with Crippen LogP contribution in [0.1, 0.15) is 18.4 Å². The van der Waals surface area contributed by atoms with Crippen molar-refractivity contribution in [3.05, 3.63) is 64.2 Å². The molecule has 2 saturated heterocycles. The number of rotatable bonds is 5. The average molecular weight is 366 g/mol. The van der Waals surface area contributed by atoms with E-state index < -0.39 is 0 Å². The van der Waals surface area contributed by atoms with Gasteiger partial charge < -0.3 is 9.80 Å². The fraction of sp³-hybridized carbons (Fsp3) is 0.429. The molecule has 2 aromatic carbocycles. The summed E-state index contributed by atoms with van der Waals surface area (Å²) >= 11 is 0. The molecule has 2 aliphatic rings. The molecule has 4 rings (SSSR count). The number of nitro benzene ring substituents is 1. The van der Waals surface area contributed by atoms with E-state index in [2.05, 4.69) is 39.0 Å². The zero-order valence-electron chi connectivity index (χ0n) is 15.6. The Labute approximate surface area is 160 Å². The lowest BCUT2D eigenvalue weighted by atomic mass is 10.1. The van der Waals surface area contributed by atoms with Crippen LogP contribution in [0.25, 0.3) is 0 Å². The molecule has 0 radical (unpaired) electrons. The second kappa shape index (κ2) is 7.96. The summed E-state index contributed by atoms with van der Waals surface area (Å²) in [7, 11) is 0. The maximum Gasteiger partial charge on any atom is 0.292 e. The molecule has 0 atom stereocenters. The number of anilines is 2. The lowest BCUT2D eigenvalue weighted by molar-refractivity contribution is -0.384.